The maximum atomic E-state index is 14.0. The zero-order valence-corrected chi connectivity index (χ0v) is 17.6. The Morgan fingerprint density at radius 2 is 1.90 bits per heavy atom. The predicted octanol–water partition coefficient (Wildman–Crippen LogP) is 3.80. The van der Waals surface area contributed by atoms with E-state index in [4.69, 9.17) is 0 Å². The van der Waals surface area contributed by atoms with Gasteiger partial charge in [0, 0.05) is 30.6 Å². The monoisotopic (exact) mass is 444 g/mol. The Kier molecular flexibility index (Phi) is 5.05. The minimum Gasteiger partial charge on any atom is -0.372 e. The molecule has 0 amide bonds. The van der Waals surface area contributed by atoms with Crippen molar-refractivity contribution in [3.05, 3.63) is 53.7 Å². The van der Waals surface area contributed by atoms with Gasteiger partial charge in [-0.3, -0.25) is 5.10 Å². The smallest absolute Gasteiger partial charge is 0.229 e. The van der Waals surface area contributed by atoms with Gasteiger partial charge in [-0.1, -0.05) is 6.07 Å². The third-order valence-electron chi connectivity index (χ3n) is 4.75. The molecule has 0 unspecified atom stereocenters. The molecule has 2 aromatic carbocycles. The first-order chi connectivity index (χ1) is 14.7. The van der Waals surface area contributed by atoms with Gasteiger partial charge in [0.2, 0.25) is 5.95 Å². The van der Waals surface area contributed by atoms with Gasteiger partial charge in [-0.15, -0.1) is 0 Å². The third kappa shape index (κ3) is 3.79. The minimum absolute atomic E-state index is 0.0489. The predicted molar refractivity (Wildman–Crippen MR) is 114 cm³/mol. The van der Waals surface area contributed by atoms with Gasteiger partial charge in [0.1, 0.15) is 17.0 Å². The van der Waals surface area contributed by atoms with Crippen LogP contribution in [0.3, 0.4) is 0 Å². The van der Waals surface area contributed by atoms with Gasteiger partial charge in [0.05, 0.1) is 10.5 Å². The molecule has 0 fully saturated rings. The molecule has 0 atom stereocenters. The quantitative estimate of drug-likeness (QED) is 0.429. The molecular formula is C20H18F2N6O2S. The fourth-order valence-electron chi connectivity index (χ4n) is 3.25. The number of aromatic nitrogens is 4. The Morgan fingerprint density at radius 3 is 2.61 bits per heavy atom. The second kappa shape index (κ2) is 7.58. The number of benzene rings is 2. The highest BCUT2D eigenvalue weighted by molar-refractivity contribution is 7.90. The summed E-state index contributed by atoms with van der Waals surface area (Å²) in [6, 6.07) is 7.38. The molecular weight excluding hydrogens is 426 g/mol. The molecule has 0 saturated heterocycles. The Hall–Kier alpha value is -3.60. The standard InChI is InChI=1S/C20H18F2N6O2S/c1-10-4-5-11(8-15(10)31(3,29)30)25-20-24-9-13(19(23-2)26-20)17-12-6-7-14(21)16(22)18(12)28-27-17/h4-9H,1-3H3,(H,27,28)(H2,23,24,25,26). The summed E-state index contributed by atoms with van der Waals surface area (Å²) in [7, 11) is -1.74. The van der Waals surface area contributed by atoms with Crippen LogP contribution in [0.5, 0.6) is 0 Å². The van der Waals surface area contributed by atoms with Gasteiger partial charge >= 0.3 is 0 Å². The molecule has 2 heterocycles. The van der Waals surface area contributed by atoms with Crippen molar-refractivity contribution in [3.8, 4) is 11.3 Å². The molecule has 2 aromatic heterocycles. The number of hydrogen-bond donors (Lipinski definition) is 3. The van der Waals surface area contributed by atoms with Crippen molar-refractivity contribution in [2.24, 2.45) is 0 Å². The molecule has 31 heavy (non-hydrogen) atoms. The summed E-state index contributed by atoms with van der Waals surface area (Å²) >= 11 is 0. The van der Waals surface area contributed by atoms with E-state index in [-0.39, 0.29) is 16.4 Å². The van der Waals surface area contributed by atoms with E-state index in [0.29, 0.717) is 33.7 Å². The van der Waals surface area contributed by atoms with Crippen LogP contribution >= 0.6 is 0 Å². The summed E-state index contributed by atoms with van der Waals surface area (Å²) in [6.45, 7) is 1.72. The van der Waals surface area contributed by atoms with Crippen LogP contribution in [0, 0.1) is 18.6 Å². The number of aromatic amines is 1. The molecule has 3 N–H and O–H groups in total. The topological polar surface area (TPSA) is 113 Å². The third-order valence-corrected chi connectivity index (χ3v) is 5.99. The van der Waals surface area contributed by atoms with E-state index in [2.05, 4.69) is 30.8 Å². The first-order valence-corrected chi connectivity index (χ1v) is 11.0. The number of fused-ring (bicyclic) bond motifs is 1. The maximum Gasteiger partial charge on any atom is 0.229 e. The lowest BCUT2D eigenvalue weighted by Gasteiger charge is -2.11. The number of sulfone groups is 1. The zero-order valence-electron chi connectivity index (χ0n) is 16.8. The van der Waals surface area contributed by atoms with E-state index in [1.54, 1.807) is 26.1 Å². The molecule has 8 nitrogen and oxygen atoms in total. The minimum atomic E-state index is -3.39. The SMILES string of the molecule is CNc1nc(Nc2ccc(C)c(S(C)(=O)=O)c2)ncc1-c1n[nH]c2c(F)c(F)ccc12. The molecule has 0 spiro atoms. The number of rotatable bonds is 5. The van der Waals surface area contributed by atoms with Crippen LogP contribution in [0.25, 0.3) is 22.2 Å². The largest absolute Gasteiger partial charge is 0.372 e. The molecule has 0 bridgehead atoms. The van der Waals surface area contributed by atoms with Crippen molar-refractivity contribution in [2.45, 2.75) is 11.8 Å². The van der Waals surface area contributed by atoms with Crippen LogP contribution in [-0.2, 0) is 9.84 Å². The lowest BCUT2D eigenvalue weighted by Crippen LogP contribution is -2.05. The van der Waals surface area contributed by atoms with Gasteiger partial charge in [-0.2, -0.15) is 10.1 Å². The summed E-state index contributed by atoms with van der Waals surface area (Å²) < 4.78 is 51.4. The summed E-state index contributed by atoms with van der Waals surface area (Å²) in [5, 5.41) is 12.9. The number of aryl methyl sites for hydroxylation is 1. The first-order valence-electron chi connectivity index (χ1n) is 9.14. The molecule has 160 valence electrons. The van der Waals surface area contributed by atoms with E-state index < -0.39 is 21.5 Å². The molecule has 0 radical (unpaired) electrons. The maximum absolute atomic E-state index is 14.0. The van der Waals surface area contributed by atoms with Gasteiger partial charge < -0.3 is 10.6 Å². The van der Waals surface area contributed by atoms with Crippen molar-refractivity contribution in [1.82, 2.24) is 20.2 Å². The number of anilines is 3. The normalized spacial score (nSPS) is 11.6. The fourth-order valence-corrected chi connectivity index (χ4v) is 4.24. The fraction of sp³-hybridized carbons (Fsp3) is 0.150. The highest BCUT2D eigenvalue weighted by Gasteiger charge is 2.18. The number of nitrogens with zero attached hydrogens (tertiary/aromatic N) is 3. The number of nitrogens with one attached hydrogen (secondary N) is 3. The highest BCUT2D eigenvalue weighted by Crippen LogP contribution is 2.33. The average molecular weight is 444 g/mol. The van der Waals surface area contributed by atoms with Gasteiger partial charge in [0.15, 0.2) is 21.5 Å². The number of hydrogen-bond acceptors (Lipinski definition) is 7. The van der Waals surface area contributed by atoms with E-state index in [1.807, 2.05) is 0 Å². The van der Waals surface area contributed by atoms with E-state index in [1.165, 1.54) is 18.3 Å². The van der Waals surface area contributed by atoms with Gasteiger partial charge in [-0.25, -0.2) is 22.2 Å². The second-order valence-corrected chi connectivity index (χ2v) is 8.92. The molecule has 0 saturated carbocycles. The zero-order chi connectivity index (χ0) is 22.3. The lowest BCUT2D eigenvalue weighted by atomic mass is 10.1. The van der Waals surface area contributed by atoms with Crippen LogP contribution < -0.4 is 10.6 Å². The first kappa shape index (κ1) is 20.7. The van der Waals surface area contributed by atoms with Gasteiger partial charge in [-0.05, 0) is 36.8 Å². The van der Waals surface area contributed by atoms with Crippen molar-refractivity contribution in [2.75, 3.05) is 23.9 Å². The second-order valence-electron chi connectivity index (χ2n) is 6.94. The number of halogens is 2. The summed E-state index contributed by atoms with van der Waals surface area (Å²) in [5.41, 5.74) is 1.93. The summed E-state index contributed by atoms with van der Waals surface area (Å²) in [4.78, 5) is 8.87. The van der Waals surface area contributed by atoms with Crippen molar-refractivity contribution in [3.63, 3.8) is 0 Å². The Balaban J connectivity index is 1.73. The van der Waals surface area contributed by atoms with E-state index >= 15 is 0 Å². The summed E-state index contributed by atoms with van der Waals surface area (Å²) in [6.07, 6.45) is 2.64. The molecule has 0 aliphatic rings. The van der Waals surface area contributed by atoms with Crippen LogP contribution in [0.2, 0.25) is 0 Å². The molecule has 4 aromatic rings. The van der Waals surface area contributed by atoms with Crippen LogP contribution in [0.4, 0.5) is 26.2 Å². The molecule has 0 aliphatic carbocycles. The van der Waals surface area contributed by atoms with E-state index in [9.17, 15) is 17.2 Å². The Bertz CT molecular complexity index is 1420. The Morgan fingerprint density at radius 1 is 1.13 bits per heavy atom. The molecule has 0 aliphatic heterocycles. The van der Waals surface area contributed by atoms with Gasteiger partial charge in [0.25, 0.3) is 0 Å². The number of H-pyrrole nitrogens is 1. The molecule has 11 heteroatoms. The highest BCUT2D eigenvalue weighted by atomic mass is 32.2. The summed E-state index contributed by atoms with van der Waals surface area (Å²) in [5.74, 6) is -1.37. The lowest BCUT2D eigenvalue weighted by molar-refractivity contribution is 0.515. The van der Waals surface area contributed by atoms with Crippen LogP contribution in [0.1, 0.15) is 5.56 Å². The molecule has 4 rings (SSSR count). The average Bonchev–Trinajstić information content (AvgIpc) is 3.16. The van der Waals surface area contributed by atoms with Crippen LogP contribution in [0.15, 0.2) is 41.4 Å². The van der Waals surface area contributed by atoms with Crippen molar-refractivity contribution >= 4 is 38.2 Å². The van der Waals surface area contributed by atoms with Crippen LogP contribution in [-0.4, -0.2) is 41.9 Å². The van der Waals surface area contributed by atoms with Crippen molar-refractivity contribution < 1.29 is 17.2 Å². The van der Waals surface area contributed by atoms with E-state index in [0.717, 1.165) is 12.3 Å². The van der Waals surface area contributed by atoms with Crippen molar-refractivity contribution in [1.29, 1.82) is 0 Å². The Labute approximate surface area is 176 Å².